The Morgan fingerprint density at radius 2 is 2.18 bits per heavy atom. The maximum atomic E-state index is 12.4. The van der Waals surface area contributed by atoms with Gasteiger partial charge in [-0.15, -0.1) is 0 Å². The molecule has 3 rings (SSSR count). The number of nitrogens with one attached hydrogen (secondary N) is 1. The molecule has 0 radical (unpaired) electrons. The third-order valence-corrected chi connectivity index (χ3v) is 5.00. The Labute approximate surface area is 169 Å². The van der Waals surface area contributed by atoms with Crippen LogP contribution in [0.3, 0.4) is 0 Å². The quantitative estimate of drug-likeness (QED) is 0.691. The van der Waals surface area contributed by atoms with Crippen LogP contribution in [0.5, 0.6) is 0 Å². The zero-order valence-corrected chi connectivity index (χ0v) is 16.9. The van der Waals surface area contributed by atoms with Gasteiger partial charge < -0.3 is 5.32 Å². The summed E-state index contributed by atoms with van der Waals surface area (Å²) in [4.78, 5) is 16.9. The van der Waals surface area contributed by atoms with Crippen molar-refractivity contribution >= 4 is 23.2 Å². The van der Waals surface area contributed by atoms with Crippen LogP contribution >= 0.6 is 11.6 Å². The molecule has 1 N–H and O–H groups in total. The van der Waals surface area contributed by atoms with Crippen LogP contribution in [0.1, 0.15) is 41.4 Å². The van der Waals surface area contributed by atoms with Crippen LogP contribution in [0.25, 0.3) is 5.65 Å². The molecule has 0 saturated carbocycles. The van der Waals surface area contributed by atoms with Gasteiger partial charge in [0.25, 0.3) is 0 Å². The number of amides is 1. The molecular formula is C21H22ClN5O. The standard InChI is InChI=1S/C21H22ClN5O/c1-13(9-16-5-4-6-18(22)10-16)25-20(28)8-7-19-14(2)26-21-17(11-23)12-24-27(21)15(19)3/h4-6,10,12-13H,7-9H2,1-3H3,(H,25,28)/t13-/m0/s1. The van der Waals surface area contributed by atoms with Crippen LogP contribution < -0.4 is 5.32 Å². The van der Waals surface area contributed by atoms with Crippen LogP contribution in [0.4, 0.5) is 0 Å². The molecule has 0 saturated heterocycles. The summed E-state index contributed by atoms with van der Waals surface area (Å²) in [5.74, 6) is -0.00777. The predicted octanol–water partition coefficient (Wildman–Crippen LogP) is 3.55. The number of hydrogen-bond donors (Lipinski definition) is 1. The van der Waals surface area contributed by atoms with E-state index < -0.39 is 0 Å². The summed E-state index contributed by atoms with van der Waals surface area (Å²) in [5, 5.41) is 17.1. The number of hydrogen-bond acceptors (Lipinski definition) is 4. The van der Waals surface area contributed by atoms with E-state index in [-0.39, 0.29) is 11.9 Å². The molecule has 6 nitrogen and oxygen atoms in total. The SMILES string of the molecule is Cc1nc2c(C#N)cnn2c(C)c1CCC(=O)N[C@@H](C)Cc1cccc(Cl)c1. The molecule has 2 aromatic heterocycles. The normalized spacial score (nSPS) is 12.0. The summed E-state index contributed by atoms with van der Waals surface area (Å²) in [6.45, 7) is 5.82. The Bertz CT molecular complexity index is 1070. The minimum atomic E-state index is -0.00777. The number of halogens is 1. The minimum absolute atomic E-state index is 0.00777. The molecule has 1 atom stereocenters. The summed E-state index contributed by atoms with van der Waals surface area (Å²) < 4.78 is 1.67. The van der Waals surface area contributed by atoms with Crippen molar-refractivity contribution in [1.29, 1.82) is 5.26 Å². The third-order valence-electron chi connectivity index (χ3n) is 4.77. The number of carbonyl (C=O) groups is 1. The second kappa shape index (κ2) is 8.41. The fourth-order valence-corrected chi connectivity index (χ4v) is 3.62. The molecule has 3 aromatic rings. The predicted molar refractivity (Wildman–Crippen MR) is 108 cm³/mol. The Morgan fingerprint density at radius 1 is 1.39 bits per heavy atom. The molecule has 28 heavy (non-hydrogen) atoms. The molecule has 0 spiro atoms. The number of carbonyl (C=O) groups excluding carboxylic acids is 1. The van der Waals surface area contributed by atoms with Crippen molar-refractivity contribution in [2.24, 2.45) is 0 Å². The Hall–Kier alpha value is -2.91. The van der Waals surface area contributed by atoms with Gasteiger partial charge in [0.2, 0.25) is 5.91 Å². The molecule has 1 amide bonds. The van der Waals surface area contributed by atoms with Gasteiger partial charge >= 0.3 is 0 Å². The number of benzene rings is 1. The van der Waals surface area contributed by atoms with E-state index in [9.17, 15) is 4.79 Å². The first-order chi connectivity index (χ1) is 13.4. The zero-order valence-electron chi connectivity index (χ0n) is 16.2. The van der Waals surface area contributed by atoms with Gasteiger partial charge in [0.15, 0.2) is 5.65 Å². The number of aryl methyl sites for hydroxylation is 2. The Kier molecular flexibility index (Phi) is 5.96. The zero-order chi connectivity index (χ0) is 20.3. The first kappa shape index (κ1) is 19.8. The maximum absolute atomic E-state index is 12.4. The van der Waals surface area contributed by atoms with Gasteiger partial charge in [0.1, 0.15) is 11.6 Å². The lowest BCUT2D eigenvalue weighted by molar-refractivity contribution is -0.121. The summed E-state index contributed by atoms with van der Waals surface area (Å²) in [6.07, 6.45) is 3.17. The van der Waals surface area contributed by atoms with Crippen molar-refractivity contribution in [2.45, 2.75) is 46.1 Å². The van der Waals surface area contributed by atoms with E-state index in [1.807, 2.05) is 45.0 Å². The van der Waals surface area contributed by atoms with Crippen molar-refractivity contribution in [2.75, 3.05) is 0 Å². The fraction of sp³-hybridized carbons (Fsp3) is 0.333. The van der Waals surface area contributed by atoms with E-state index in [2.05, 4.69) is 21.5 Å². The largest absolute Gasteiger partial charge is 0.353 e. The summed E-state index contributed by atoms with van der Waals surface area (Å²) in [7, 11) is 0. The molecule has 7 heteroatoms. The fourth-order valence-electron chi connectivity index (χ4n) is 3.41. The molecule has 0 aliphatic carbocycles. The molecule has 0 aliphatic heterocycles. The van der Waals surface area contributed by atoms with Crippen LogP contribution in [-0.2, 0) is 17.6 Å². The monoisotopic (exact) mass is 395 g/mol. The number of rotatable bonds is 6. The van der Waals surface area contributed by atoms with E-state index in [1.54, 1.807) is 4.52 Å². The summed E-state index contributed by atoms with van der Waals surface area (Å²) in [6, 6.07) is 9.78. The van der Waals surface area contributed by atoms with Gasteiger partial charge in [-0.3, -0.25) is 4.79 Å². The summed E-state index contributed by atoms with van der Waals surface area (Å²) in [5.41, 5.74) is 4.81. The molecule has 0 aliphatic rings. The molecule has 2 heterocycles. The van der Waals surface area contributed by atoms with Crippen LogP contribution in [0.15, 0.2) is 30.5 Å². The third kappa shape index (κ3) is 4.32. The Morgan fingerprint density at radius 3 is 2.89 bits per heavy atom. The van der Waals surface area contributed by atoms with Gasteiger partial charge in [0.05, 0.1) is 6.20 Å². The second-order valence-corrected chi connectivity index (χ2v) is 7.41. The molecule has 0 unspecified atom stereocenters. The van der Waals surface area contributed by atoms with E-state index in [0.29, 0.717) is 29.1 Å². The first-order valence-electron chi connectivity index (χ1n) is 9.16. The van der Waals surface area contributed by atoms with Crippen molar-refractivity contribution in [3.05, 3.63) is 63.6 Å². The molecule has 1 aromatic carbocycles. The number of nitrogens with zero attached hydrogens (tertiary/aromatic N) is 4. The number of aromatic nitrogens is 3. The van der Waals surface area contributed by atoms with Gasteiger partial charge in [-0.1, -0.05) is 23.7 Å². The van der Waals surface area contributed by atoms with Gasteiger partial charge in [-0.05, 0) is 56.9 Å². The maximum Gasteiger partial charge on any atom is 0.220 e. The number of nitriles is 1. The van der Waals surface area contributed by atoms with E-state index in [4.69, 9.17) is 16.9 Å². The van der Waals surface area contributed by atoms with E-state index in [0.717, 1.165) is 28.9 Å². The van der Waals surface area contributed by atoms with Crippen molar-refractivity contribution in [3.8, 4) is 6.07 Å². The lowest BCUT2D eigenvalue weighted by atomic mass is 10.0. The average molecular weight is 396 g/mol. The van der Waals surface area contributed by atoms with Gasteiger partial charge in [-0.2, -0.15) is 10.4 Å². The van der Waals surface area contributed by atoms with Crippen molar-refractivity contribution in [3.63, 3.8) is 0 Å². The highest BCUT2D eigenvalue weighted by atomic mass is 35.5. The highest BCUT2D eigenvalue weighted by Gasteiger charge is 2.15. The highest BCUT2D eigenvalue weighted by molar-refractivity contribution is 6.30. The highest BCUT2D eigenvalue weighted by Crippen LogP contribution is 2.18. The molecule has 0 fully saturated rings. The van der Waals surface area contributed by atoms with Crippen LogP contribution in [0.2, 0.25) is 5.02 Å². The lowest BCUT2D eigenvalue weighted by Crippen LogP contribution is -2.34. The van der Waals surface area contributed by atoms with Crippen molar-refractivity contribution in [1.82, 2.24) is 19.9 Å². The van der Waals surface area contributed by atoms with E-state index >= 15 is 0 Å². The second-order valence-electron chi connectivity index (χ2n) is 6.97. The first-order valence-corrected chi connectivity index (χ1v) is 9.54. The Balaban J connectivity index is 1.63. The molecular weight excluding hydrogens is 374 g/mol. The van der Waals surface area contributed by atoms with Gasteiger partial charge in [0, 0.05) is 28.9 Å². The summed E-state index contributed by atoms with van der Waals surface area (Å²) >= 11 is 6.02. The smallest absolute Gasteiger partial charge is 0.220 e. The van der Waals surface area contributed by atoms with Gasteiger partial charge in [-0.25, -0.2) is 9.50 Å². The average Bonchev–Trinajstić information content (AvgIpc) is 3.04. The van der Waals surface area contributed by atoms with Crippen LogP contribution in [-0.4, -0.2) is 26.5 Å². The molecule has 144 valence electrons. The topological polar surface area (TPSA) is 83.1 Å². The molecule has 0 bridgehead atoms. The van der Waals surface area contributed by atoms with E-state index in [1.165, 1.54) is 6.20 Å². The van der Waals surface area contributed by atoms with Crippen molar-refractivity contribution < 1.29 is 4.79 Å². The van der Waals surface area contributed by atoms with Crippen LogP contribution in [0, 0.1) is 25.2 Å². The minimum Gasteiger partial charge on any atom is -0.353 e. The lowest BCUT2D eigenvalue weighted by Gasteiger charge is -2.15. The number of fused-ring (bicyclic) bond motifs is 1.